The predicted octanol–water partition coefficient (Wildman–Crippen LogP) is 4.96. The molecule has 2 N–H and O–H groups in total. The number of halogens is 1. The first-order valence-corrected chi connectivity index (χ1v) is 11.7. The predicted molar refractivity (Wildman–Crippen MR) is 119 cm³/mol. The van der Waals surface area contributed by atoms with Crippen molar-refractivity contribution < 1.29 is 17.9 Å². The molecule has 0 heterocycles. The molecule has 0 aliphatic carbocycles. The maximum atomic E-state index is 12.5. The van der Waals surface area contributed by atoms with Gasteiger partial charge in [0, 0.05) is 16.8 Å². The molecule has 2 aromatic carbocycles. The van der Waals surface area contributed by atoms with Crippen molar-refractivity contribution in [1.29, 1.82) is 0 Å². The Hall–Kier alpha value is -1.90. The van der Waals surface area contributed by atoms with Gasteiger partial charge in [0.25, 0.3) is 5.91 Å². The number of nitrogens with one attached hydrogen (secondary N) is 2. The first-order valence-electron chi connectivity index (χ1n) is 9.39. The van der Waals surface area contributed by atoms with Gasteiger partial charge >= 0.3 is 0 Å². The van der Waals surface area contributed by atoms with Gasteiger partial charge in [-0.3, -0.25) is 4.79 Å². The zero-order valence-electron chi connectivity index (χ0n) is 17.1. The summed E-state index contributed by atoms with van der Waals surface area (Å²) in [5.74, 6) is 0.394. The maximum absolute atomic E-state index is 12.5. The van der Waals surface area contributed by atoms with Crippen LogP contribution in [0.15, 0.2) is 51.8 Å². The molecule has 0 spiro atoms. The van der Waals surface area contributed by atoms with Crippen molar-refractivity contribution in [3.05, 3.63) is 52.5 Å². The van der Waals surface area contributed by atoms with E-state index in [0.29, 0.717) is 28.1 Å². The van der Waals surface area contributed by atoms with Crippen LogP contribution in [0.25, 0.3) is 0 Å². The first-order chi connectivity index (χ1) is 13.5. The molecule has 0 saturated heterocycles. The minimum Gasteiger partial charge on any atom is -0.492 e. The summed E-state index contributed by atoms with van der Waals surface area (Å²) in [6.45, 7) is 8.04. The number of ether oxygens (including phenoxy) is 1. The van der Waals surface area contributed by atoms with Crippen molar-refractivity contribution in [3.63, 3.8) is 0 Å². The molecule has 0 radical (unpaired) electrons. The van der Waals surface area contributed by atoms with Gasteiger partial charge in [-0.1, -0.05) is 13.3 Å². The molecule has 2 aromatic rings. The zero-order valence-corrected chi connectivity index (χ0v) is 19.5. The molecular weight excluding hydrogens is 456 g/mol. The molecule has 6 nitrogen and oxygen atoms in total. The normalized spacial score (nSPS) is 11.9. The van der Waals surface area contributed by atoms with E-state index >= 15 is 0 Å². The summed E-state index contributed by atoms with van der Waals surface area (Å²) in [6, 6.07) is 11.2. The minimum absolute atomic E-state index is 0.141. The number of hydrogen-bond donors (Lipinski definition) is 2. The Kier molecular flexibility index (Phi) is 7.85. The molecule has 8 heteroatoms. The molecule has 0 unspecified atom stereocenters. The van der Waals surface area contributed by atoms with Crippen LogP contribution in [0, 0.1) is 0 Å². The monoisotopic (exact) mass is 482 g/mol. The molecule has 0 fully saturated rings. The van der Waals surface area contributed by atoms with Crippen LogP contribution in [0.5, 0.6) is 5.75 Å². The molecular formula is C21H27BrN2O4S. The van der Waals surface area contributed by atoms with Gasteiger partial charge in [-0.15, -0.1) is 0 Å². The van der Waals surface area contributed by atoms with E-state index in [1.807, 2.05) is 0 Å². The Morgan fingerprint density at radius 2 is 1.76 bits per heavy atom. The average molecular weight is 483 g/mol. The van der Waals surface area contributed by atoms with E-state index in [-0.39, 0.29) is 10.8 Å². The van der Waals surface area contributed by atoms with Gasteiger partial charge in [-0.05, 0) is 85.6 Å². The molecule has 0 atom stereocenters. The van der Waals surface area contributed by atoms with Gasteiger partial charge in [0.2, 0.25) is 10.0 Å². The fourth-order valence-electron chi connectivity index (χ4n) is 2.47. The molecule has 0 aliphatic rings. The van der Waals surface area contributed by atoms with Crippen LogP contribution in [0.4, 0.5) is 5.69 Å². The van der Waals surface area contributed by atoms with Crippen molar-refractivity contribution in [2.75, 3.05) is 11.9 Å². The number of anilines is 1. The number of amides is 1. The lowest BCUT2D eigenvalue weighted by molar-refractivity contribution is 0.102. The van der Waals surface area contributed by atoms with E-state index in [9.17, 15) is 13.2 Å². The highest BCUT2D eigenvalue weighted by molar-refractivity contribution is 9.10. The number of unbranched alkanes of at least 4 members (excludes halogenated alkanes) is 1. The Labute approximate surface area is 181 Å². The Balaban J connectivity index is 2.07. The van der Waals surface area contributed by atoms with E-state index in [1.165, 1.54) is 12.1 Å². The van der Waals surface area contributed by atoms with Crippen LogP contribution in [-0.2, 0) is 10.0 Å². The zero-order chi connectivity index (χ0) is 21.7. The van der Waals surface area contributed by atoms with E-state index in [4.69, 9.17) is 4.74 Å². The Morgan fingerprint density at radius 3 is 2.31 bits per heavy atom. The van der Waals surface area contributed by atoms with Crippen molar-refractivity contribution in [1.82, 2.24) is 4.72 Å². The van der Waals surface area contributed by atoms with Crippen LogP contribution in [-0.4, -0.2) is 26.5 Å². The van der Waals surface area contributed by atoms with Crippen LogP contribution >= 0.6 is 15.9 Å². The summed E-state index contributed by atoms with van der Waals surface area (Å²) in [6.07, 6.45) is 2.01. The fraction of sp³-hybridized carbons (Fsp3) is 0.381. The second kappa shape index (κ2) is 9.73. The fourth-order valence-corrected chi connectivity index (χ4v) is 4.38. The van der Waals surface area contributed by atoms with Crippen molar-refractivity contribution >= 4 is 37.5 Å². The minimum atomic E-state index is -3.62. The first kappa shape index (κ1) is 23.4. The number of carbonyl (C=O) groups excluding carboxylic acids is 1. The largest absolute Gasteiger partial charge is 0.492 e. The van der Waals surface area contributed by atoms with Gasteiger partial charge in [-0.2, -0.15) is 0 Å². The highest BCUT2D eigenvalue weighted by Crippen LogP contribution is 2.27. The lowest BCUT2D eigenvalue weighted by Gasteiger charge is -2.20. The van der Waals surface area contributed by atoms with Crippen LogP contribution in [0.1, 0.15) is 50.9 Å². The number of benzene rings is 2. The molecule has 1 amide bonds. The Bertz CT molecular complexity index is 952. The van der Waals surface area contributed by atoms with Gasteiger partial charge in [0.15, 0.2) is 0 Å². The third-order valence-corrected chi connectivity index (χ3v) is 6.21. The summed E-state index contributed by atoms with van der Waals surface area (Å²) in [5, 5.41) is 2.77. The summed E-state index contributed by atoms with van der Waals surface area (Å²) < 4.78 is 33.7. The second-order valence-electron chi connectivity index (χ2n) is 7.68. The third kappa shape index (κ3) is 7.13. The molecule has 0 saturated carbocycles. The summed E-state index contributed by atoms with van der Waals surface area (Å²) in [5.41, 5.74) is 0.390. The Morgan fingerprint density at radius 1 is 1.10 bits per heavy atom. The SMILES string of the molecule is CCCCOc1ccc(C(=O)Nc2ccc(S(=O)(=O)NC(C)(C)C)cc2)cc1Br. The van der Waals surface area contributed by atoms with E-state index in [1.54, 1.807) is 51.1 Å². The van der Waals surface area contributed by atoms with Crippen molar-refractivity contribution in [2.24, 2.45) is 0 Å². The number of sulfonamides is 1. The van der Waals surface area contributed by atoms with Gasteiger partial charge in [0.05, 0.1) is 16.0 Å². The summed E-state index contributed by atoms with van der Waals surface area (Å²) in [7, 11) is -3.62. The number of hydrogen-bond acceptors (Lipinski definition) is 4. The highest BCUT2D eigenvalue weighted by Gasteiger charge is 2.21. The van der Waals surface area contributed by atoms with Gasteiger partial charge in [-0.25, -0.2) is 13.1 Å². The highest BCUT2D eigenvalue weighted by atomic mass is 79.9. The lowest BCUT2D eigenvalue weighted by atomic mass is 10.1. The van der Waals surface area contributed by atoms with Crippen LogP contribution in [0.3, 0.4) is 0 Å². The van der Waals surface area contributed by atoms with Gasteiger partial charge in [0.1, 0.15) is 5.75 Å². The lowest BCUT2D eigenvalue weighted by Crippen LogP contribution is -2.40. The van der Waals surface area contributed by atoms with Crippen LogP contribution in [0.2, 0.25) is 0 Å². The summed E-state index contributed by atoms with van der Waals surface area (Å²) in [4.78, 5) is 12.6. The second-order valence-corrected chi connectivity index (χ2v) is 10.2. The molecule has 158 valence electrons. The molecule has 29 heavy (non-hydrogen) atoms. The maximum Gasteiger partial charge on any atom is 0.255 e. The van der Waals surface area contributed by atoms with Crippen molar-refractivity contribution in [3.8, 4) is 5.75 Å². The molecule has 2 rings (SSSR count). The summed E-state index contributed by atoms with van der Waals surface area (Å²) >= 11 is 3.43. The van der Waals surface area contributed by atoms with Crippen molar-refractivity contribution in [2.45, 2.75) is 51.0 Å². The number of carbonyl (C=O) groups is 1. The van der Waals surface area contributed by atoms with E-state index < -0.39 is 15.6 Å². The average Bonchev–Trinajstić information content (AvgIpc) is 2.61. The standard InChI is InChI=1S/C21H27BrN2O4S/c1-5-6-13-28-19-12-7-15(14-18(19)22)20(25)23-16-8-10-17(11-9-16)29(26,27)24-21(2,3)4/h7-12,14,24H,5-6,13H2,1-4H3,(H,23,25). The number of rotatable bonds is 8. The van der Waals surface area contributed by atoms with E-state index in [0.717, 1.165) is 12.8 Å². The molecule has 0 aromatic heterocycles. The van der Waals surface area contributed by atoms with E-state index in [2.05, 4.69) is 32.9 Å². The van der Waals surface area contributed by atoms with Crippen LogP contribution < -0.4 is 14.8 Å². The topological polar surface area (TPSA) is 84.5 Å². The third-order valence-electron chi connectivity index (χ3n) is 3.81. The quantitative estimate of drug-likeness (QED) is 0.520. The smallest absolute Gasteiger partial charge is 0.255 e. The molecule has 0 bridgehead atoms. The van der Waals surface area contributed by atoms with Gasteiger partial charge < -0.3 is 10.1 Å². The molecule has 0 aliphatic heterocycles.